The molecule has 1 fully saturated rings. The molecule has 1 saturated heterocycles. The van der Waals surface area contributed by atoms with Crippen LogP contribution in [0.4, 0.5) is 0 Å². The summed E-state index contributed by atoms with van der Waals surface area (Å²) in [5, 5.41) is 9.71. The van der Waals surface area contributed by atoms with Gasteiger partial charge in [-0.1, -0.05) is 48.5 Å². The monoisotopic (exact) mass is 312 g/mol. The van der Waals surface area contributed by atoms with E-state index in [0.717, 1.165) is 31.4 Å². The van der Waals surface area contributed by atoms with E-state index in [9.17, 15) is 5.11 Å². The second-order valence-electron chi connectivity index (χ2n) is 6.04. The Morgan fingerprint density at radius 2 is 2.00 bits per heavy atom. The van der Waals surface area contributed by atoms with E-state index in [0.29, 0.717) is 0 Å². The first kappa shape index (κ1) is 16.2. The minimum Gasteiger partial charge on any atom is -0.393 e. The largest absolute Gasteiger partial charge is 0.393 e. The second-order valence-corrected chi connectivity index (χ2v) is 6.04. The Morgan fingerprint density at radius 3 is 2.65 bits per heavy atom. The number of aliphatic hydroxyl groups excluding tert-OH is 1. The van der Waals surface area contributed by atoms with Gasteiger partial charge in [0.2, 0.25) is 0 Å². The first-order valence-corrected chi connectivity index (χ1v) is 8.32. The van der Waals surface area contributed by atoms with Gasteiger partial charge in [-0.05, 0) is 48.4 Å². The van der Waals surface area contributed by atoms with Gasteiger partial charge in [-0.25, -0.2) is 0 Å². The SMILES string of the molecule is Cc1cc(C(CO)OC2CCCCO2)ccc1-c1ccccc1. The van der Waals surface area contributed by atoms with Gasteiger partial charge in [0, 0.05) is 6.61 Å². The van der Waals surface area contributed by atoms with Gasteiger partial charge in [0.25, 0.3) is 0 Å². The van der Waals surface area contributed by atoms with Crippen molar-refractivity contribution in [3.8, 4) is 11.1 Å². The van der Waals surface area contributed by atoms with Crippen LogP contribution in [0.25, 0.3) is 11.1 Å². The maximum Gasteiger partial charge on any atom is 0.158 e. The molecule has 0 bridgehead atoms. The predicted molar refractivity (Wildman–Crippen MR) is 91.1 cm³/mol. The molecule has 2 aromatic rings. The molecule has 1 aliphatic rings. The van der Waals surface area contributed by atoms with Crippen molar-refractivity contribution in [3.63, 3.8) is 0 Å². The van der Waals surface area contributed by atoms with Gasteiger partial charge in [0.05, 0.1) is 6.61 Å². The lowest BCUT2D eigenvalue weighted by molar-refractivity contribution is -0.196. The molecule has 122 valence electrons. The summed E-state index contributed by atoms with van der Waals surface area (Å²) in [6.45, 7) is 2.80. The fourth-order valence-corrected chi connectivity index (χ4v) is 3.06. The number of hydrogen-bond donors (Lipinski definition) is 1. The molecule has 2 atom stereocenters. The smallest absolute Gasteiger partial charge is 0.158 e. The summed E-state index contributed by atoms with van der Waals surface area (Å²) < 4.78 is 11.6. The number of hydrogen-bond acceptors (Lipinski definition) is 3. The summed E-state index contributed by atoms with van der Waals surface area (Å²) >= 11 is 0. The van der Waals surface area contributed by atoms with Crippen LogP contribution in [0.5, 0.6) is 0 Å². The minimum atomic E-state index is -0.332. The Labute approximate surface area is 137 Å². The van der Waals surface area contributed by atoms with Crippen LogP contribution >= 0.6 is 0 Å². The van der Waals surface area contributed by atoms with E-state index >= 15 is 0 Å². The molecular weight excluding hydrogens is 288 g/mol. The summed E-state index contributed by atoms with van der Waals surface area (Å²) in [6, 6.07) is 16.6. The van der Waals surface area contributed by atoms with Crippen molar-refractivity contribution in [1.82, 2.24) is 0 Å². The average molecular weight is 312 g/mol. The van der Waals surface area contributed by atoms with Crippen LogP contribution in [0, 0.1) is 6.92 Å². The van der Waals surface area contributed by atoms with Gasteiger partial charge in [-0.3, -0.25) is 0 Å². The van der Waals surface area contributed by atoms with Gasteiger partial charge < -0.3 is 14.6 Å². The highest BCUT2D eigenvalue weighted by Crippen LogP contribution is 2.29. The van der Waals surface area contributed by atoms with Crippen molar-refractivity contribution in [1.29, 1.82) is 0 Å². The van der Waals surface area contributed by atoms with E-state index < -0.39 is 0 Å². The quantitative estimate of drug-likeness (QED) is 0.897. The molecule has 2 aromatic carbocycles. The summed E-state index contributed by atoms with van der Waals surface area (Å²) in [5.41, 5.74) is 4.59. The van der Waals surface area contributed by atoms with Crippen LogP contribution in [0.3, 0.4) is 0 Å². The highest BCUT2D eigenvalue weighted by Gasteiger charge is 2.21. The summed E-state index contributed by atoms with van der Waals surface area (Å²) in [4.78, 5) is 0. The molecule has 0 amide bonds. The summed E-state index contributed by atoms with van der Waals surface area (Å²) in [5.74, 6) is 0. The normalized spacial score (nSPS) is 19.5. The zero-order valence-corrected chi connectivity index (χ0v) is 13.6. The highest BCUT2D eigenvalue weighted by atomic mass is 16.7. The Balaban J connectivity index is 1.77. The Hall–Kier alpha value is -1.68. The van der Waals surface area contributed by atoms with E-state index in [2.05, 4.69) is 31.2 Å². The molecule has 2 unspecified atom stereocenters. The molecule has 0 radical (unpaired) electrons. The molecule has 0 spiro atoms. The molecule has 3 rings (SSSR count). The van der Waals surface area contributed by atoms with Gasteiger partial charge in [-0.15, -0.1) is 0 Å². The molecule has 0 aliphatic carbocycles. The lowest BCUT2D eigenvalue weighted by atomic mass is 9.97. The third-order valence-corrected chi connectivity index (χ3v) is 4.33. The van der Waals surface area contributed by atoms with Crippen LogP contribution in [-0.2, 0) is 9.47 Å². The van der Waals surface area contributed by atoms with E-state index in [1.807, 2.05) is 24.3 Å². The lowest BCUT2D eigenvalue weighted by Crippen LogP contribution is -2.25. The van der Waals surface area contributed by atoms with Crippen molar-refractivity contribution < 1.29 is 14.6 Å². The molecule has 0 saturated carbocycles. The number of ether oxygens (including phenoxy) is 2. The molecule has 0 aromatic heterocycles. The van der Waals surface area contributed by atoms with Crippen LogP contribution in [0.2, 0.25) is 0 Å². The van der Waals surface area contributed by atoms with Crippen molar-refractivity contribution in [2.75, 3.05) is 13.2 Å². The van der Waals surface area contributed by atoms with E-state index in [4.69, 9.17) is 9.47 Å². The molecule has 3 heteroatoms. The average Bonchev–Trinajstić information content (AvgIpc) is 2.61. The molecule has 3 nitrogen and oxygen atoms in total. The summed E-state index contributed by atoms with van der Waals surface area (Å²) in [6.07, 6.45) is 2.58. The molecule has 1 N–H and O–H groups in total. The number of aryl methyl sites for hydroxylation is 1. The Kier molecular flexibility index (Phi) is 5.44. The maximum absolute atomic E-state index is 9.71. The third kappa shape index (κ3) is 3.99. The standard InChI is InChI=1S/C20H24O3/c1-15-13-17(10-11-18(15)16-7-3-2-4-8-16)19(14-21)23-20-9-5-6-12-22-20/h2-4,7-8,10-11,13,19-21H,5-6,9,12,14H2,1H3. The number of benzene rings is 2. The van der Waals surface area contributed by atoms with E-state index in [-0.39, 0.29) is 19.0 Å². The van der Waals surface area contributed by atoms with Gasteiger partial charge in [0.1, 0.15) is 6.10 Å². The maximum atomic E-state index is 9.71. The fourth-order valence-electron chi connectivity index (χ4n) is 3.06. The van der Waals surface area contributed by atoms with Gasteiger partial charge >= 0.3 is 0 Å². The van der Waals surface area contributed by atoms with Crippen LogP contribution in [-0.4, -0.2) is 24.6 Å². The number of rotatable bonds is 5. The van der Waals surface area contributed by atoms with Crippen LogP contribution in [0.1, 0.15) is 36.5 Å². The summed E-state index contributed by atoms with van der Waals surface area (Å²) in [7, 11) is 0. The Bertz CT molecular complexity index is 618. The zero-order valence-electron chi connectivity index (χ0n) is 13.6. The van der Waals surface area contributed by atoms with E-state index in [1.165, 1.54) is 16.7 Å². The second kappa shape index (κ2) is 7.73. The lowest BCUT2D eigenvalue weighted by Gasteiger charge is -2.27. The molecular formula is C20H24O3. The minimum absolute atomic E-state index is 0.0377. The highest BCUT2D eigenvalue weighted by molar-refractivity contribution is 5.67. The first-order chi connectivity index (χ1) is 11.3. The van der Waals surface area contributed by atoms with Gasteiger partial charge in [0.15, 0.2) is 6.29 Å². The molecule has 1 heterocycles. The van der Waals surface area contributed by atoms with E-state index in [1.54, 1.807) is 0 Å². The van der Waals surface area contributed by atoms with Crippen molar-refractivity contribution in [2.24, 2.45) is 0 Å². The molecule has 23 heavy (non-hydrogen) atoms. The number of aliphatic hydroxyl groups is 1. The van der Waals surface area contributed by atoms with Crippen LogP contribution in [0.15, 0.2) is 48.5 Å². The van der Waals surface area contributed by atoms with Crippen molar-refractivity contribution in [2.45, 2.75) is 38.6 Å². The Morgan fingerprint density at radius 1 is 1.17 bits per heavy atom. The zero-order chi connectivity index (χ0) is 16.1. The molecule has 1 aliphatic heterocycles. The fraction of sp³-hybridized carbons (Fsp3) is 0.400. The topological polar surface area (TPSA) is 38.7 Å². The van der Waals surface area contributed by atoms with Crippen molar-refractivity contribution >= 4 is 0 Å². The van der Waals surface area contributed by atoms with Crippen molar-refractivity contribution in [3.05, 3.63) is 59.7 Å². The van der Waals surface area contributed by atoms with Gasteiger partial charge in [-0.2, -0.15) is 0 Å². The predicted octanol–water partition coefficient (Wildman–Crippen LogP) is 4.24. The third-order valence-electron chi connectivity index (χ3n) is 4.33. The first-order valence-electron chi connectivity index (χ1n) is 8.32. The van der Waals surface area contributed by atoms with Crippen LogP contribution < -0.4 is 0 Å².